The minimum atomic E-state index is -2.95. The lowest BCUT2D eigenvalue weighted by Crippen LogP contribution is -2.25. The quantitative estimate of drug-likeness (QED) is 0.354. The van der Waals surface area contributed by atoms with Gasteiger partial charge in [-0.3, -0.25) is 4.57 Å². The number of rotatable bonds is 9. The van der Waals surface area contributed by atoms with E-state index in [0.717, 1.165) is 0 Å². The number of methoxy groups -OCH3 is 2. The highest BCUT2D eigenvalue weighted by Crippen LogP contribution is 2.47. The van der Waals surface area contributed by atoms with Crippen LogP contribution in [0.25, 0.3) is 0 Å². The summed E-state index contributed by atoms with van der Waals surface area (Å²) >= 11 is 0. The van der Waals surface area contributed by atoms with Crippen molar-refractivity contribution in [1.82, 2.24) is 0 Å². The molecule has 0 aliphatic heterocycles. The van der Waals surface area contributed by atoms with Crippen molar-refractivity contribution in [1.29, 1.82) is 0 Å². The van der Waals surface area contributed by atoms with Crippen molar-refractivity contribution in [3.63, 3.8) is 0 Å². The summed E-state index contributed by atoms with van der Waals surface area (Å²) in [5.74, 6) is 0.000312. The third-order valence-electron chi connectivity index (χ3n) is 1.53. The molecule has 0 saturated heterocycles. The summed E-state index contributed by atoms with van der Waals surface area (Å²) in [5.41, 5.74) is 0. The van der Waals surface area contributed by atoms with Crippen LogP contribution in [0.5, 0.6) is 0 Å². The highest BCUT2D eigenvalue weighted by Gasteiger charge is 2.25. The van der Waals surface area contributed by atoms with Gasteiger partial charge in [-0.15, -0.1) is 0 Å². The molecule has 15 heavy (non-hydrogen) atoms. The molecular weight excluding hydrogens is 235 g/mol. The molecular formula is C8H19O5PSi. The standard InChI is InChI=1S/C8H19O5PSi/c1-5-12-14(9,13-6-2)7-15-8(10-3)11-4/h8H,5-7H2,1-4H3. The van der Waals surface area contributed by atoms with Gasteiger partial charge in [0, 0.05) is 20.0 Å². The van der Waals surface area contributed by atoms with Gasteiger partial charge in [0.25, 0.3) is 0 Å². The predicted molar refractivity (Wildman–Crippen MR) is 59.3 cm³/mol. The molecule has 7 heteroatoms. The van der Waals surface area contributed by atoms with E-state index in [-0.39, 0.29) is 15.4 Å². The first kappa shape index (κ1) is 15.3. The topological polar surface area (TPSA) is 54.0 Å². The molecule has 0 heterocycles. The zero-order valence-corrected chi connectivity index (χ0v) is 11.6. The maximum Gasteiger partial charge on any atom is 0.327 e. The maximum atomic E-state index is 12.0. The lowest BCUT2D eigenvalue weighted by Gasteiger charge is -2.18. The Morgan fingerprint density at radius 1 is 1.13 bits per heavy atom. The molecule has 90 valence electrons. The van der Waals surface area contributed by atoms with Crippen LogP contribution in [-0.2, 0) is 23.1 Å². The van der Waals surface area contributed by atoms with Gasteiger partial charge in [0.15, 0.2) is 0 Å². The molecule has 0 aliphatic carbocycles. The molecule has 0 unspecified atom stereocenters. The Labute approximate surface area is 93.8 Å². The van der Waals surface area contributed by atoms with Crippen molar-refractivity contribution in [2.45, 2.75) is 19.8 Å². The van der Waals surface area contributed by atoms with Crippen LogP contribution in [-0.4, -0.2) is 48.7 Å². The van der Waals surface area contributed by atoms with Gasteiger partial charge in [-0.2, -0.15) is 0 Å². The van der Waals surface area contributed by atoms with E-state index in [0.29, 0.717) is 19.0 Å². The average molecular weight is 254 g/mol. The van der Waals surface area contributed by atoms with Crippen LogP contribution in [0.4, 0.5) is 0 Å². The minimum Gasteiger partial charge on any atom is -0.360 e. The highest BCUT2D eigenvalue weighted by atomic mass is 31.2. The smallest absolute Gasteiger partial charge is 0.327 e. The first-order chi connectivity index (χ1) is 7.11. The molecule has 0 saturated carbocycles. The zero-order chi connectivity index (χ0) is 11.7. The van der Waals surface area contributed by atoms with Crippen LogP contribution in [0.1, 0.15) is 13.8 Å². The van der Waals surface area contributed by atoms with Crippen LogP contribution in [0, 0.1) is 0 Å². The Kier molecular flexibility index (Phi) is 8.60. The van der Waals surface area contributed by atoms with Crippen LogP contribution in [0.2, 0.25) is 0 Å². The summed E-state index contributed by atoms with van der Waals surface area (Å²) < 4.78 is 32.3. The van der Waals surface area contributed by atoms with Crippen molar-refractivity contribution in [3.05, 3.63) is 0 Å². The van der Waals surface area contributed by atoms with Crippen LogP contribution in [0.15, 0.2) is 0 Å². The van der Waals surface area contributed by atoms with E-state index in [9.17, 15) is 4.57 Å². The Hall–Kier alpha value is 0.287. The fourth-order valence-corrected chi connectivity index (χ4v) is 4.39. The molecule has 0 aromatic carbocycles. The van der Waals surface area contributed by atoms with Crippen molar-refractivity contribution in [2.24, 2.45) is 0 Å². The van der Waals surface area contributed by atoms with Gasteiger partial charge in [-0.1, -0.05) is 0 Å². The van der Waals surface area contributed by atoms with E-state index >= 15 is 0 Å². The zero-order valence-electron chi connectivity index (χ0n) is 9.69. The fourth-order valence-electron chi connectivity index (χ4n) is 0.971. The van der Waals surface area contributed by atoms with Gasteiger partial charge in [0.05, 0.1) is 13.2 Å². The van der Waals surface area contributed by atoms with E-state index in [1.165, 1.54) is 0 Å². The molecule has 0 amide bonds. The molecule has 0 fully saturated rings. The lowest BCUT2D eigenvalue weighted by molar-refractivity contribution is -0.0438. The highest BCUT2D eigenvalue weighted by molar-refractivity contribution is 7.55. The molecule has 5 nitrogen and oxygen atoms in total. The van der Waals surface area contributed by atoms with Gasteiger partial charge in [-0.25, -0.2) is 0 Å². The second-order valence-corrected chi connectivity index (χ2v) is 6.49. The third-order valence-corrected chi connectivity index (χ3v) is 5.92. The van der Waals surface area contributed by atoms with Crippen molar-refractivity contribution in [2.75, 3.05) is 33.2 Å². The maximum absolute atomic E-state index is 12.0. The van der Waals surface area contributed by atoms with Gasteiger partial charge in [-0.05, 0) is 13.8 Å². The number of hydrogen-bond donors (Lipinski definition) is 0. The Morgan fingerprint density at radius 3 is 1.93 bits per heavy atom. The average Bonchev–Trinajstić information content (AvgIpc) is 2.20. The second kappa shape index (κ2) is 8.44. The fraction of sp³-hybridized carbons (Fsp3) is 1.00. The Balaban J connectivity index is 4.10. The molecule has 0 bridgehead atoms. The summed E-state index contributed by atoms with van der Waals surface area (Å²) in [6, 6.07) is 0. The SMILES string of the molecule is CCOP(=O)(C[Si]C(OC)OC)OCC. The first-order valence-electron chi connectivity index (χ1n) is 4.79. The third kappa shape index (κ3) is 6.45. The van der Waals surface area contributed by atoms with Crippen molar-refractivity contribution < 1.29 is 23.1 Å². The monoisotopic (exact) mass is 254 g/mol. The van der Waals surface area contributed by atoms with Gasteiger partial charge in [0.2, 0.25) is 0 Å². The summed E-state index contributed by atoms with van der Waals surface area (Å²) in [6.07, 6.45) is 0. The molecule has 0 N–H and O–H groups in total. The first-order valence-corrected chi connectivity index (χ1v) is 7.80. The number of hydrogen-bond acceptors (Lipinski definition) is 5. The molecule has 0 spiro atoms. The largest absolute Gasteiger partial charge is 0.360 e. The number of ether oxygens (including phenoxy) is 2. The van der Waals surface area contributed by atoms with E-state index < -0.39 is 7.60 Å². The van der Waals surface area contributed by atoms with E-state index in [4.69, 9.17) is 18.5 Å². The summed E-state index contributed by atoms with van der Waals surface area (Å²) in [5, 5.41) is 0. The second-order valence-electron chi connectivity index (χ2n) is 2.61. The van der Waals surface area contributed by atoms with E-state index in [2.05, 4.69) is 0 Å². The Bertz CT molecular complexity index is 187. The summed E-state index contributed by atoms with van der Waals surface area (Å²) in [4.78, 5) is 0. The van der Waals surface area contributed by atoms with Crippen LogP contribution in [0.3, 0.4) is 0 Å². The van der Waals surface area contributed by atoms with E-state index in [1.54, 1.807) is 28.1 Å². The van der Waals surface area contributed by atoms with E-state index in [1.807, 2.05) is 0 Å². The molecule has 0 atom stereocenters. The minimum absolute atomic E-state index is 0.237. The normalized spacial score (nSPS) is 12.3. The van der Waals surface area contributed by atoms with Crippen LogP contribution >= 0.6 is 7.60 Å². The van der Waals surface area contributed by atoms with Gasteiger partial charge < -0.3 is 18.5 Å². The summed E-state index contributed by atoms with van der Waals surface area (Å²) in [7, 11) is 0.388. The van der Waals surface area contributed by atoms with Gasteiger partial charge >= 0.3 is 7.60 Å². The lowest BCUT2D eigenvalue weighted by atomic mass is 10.9. The molecule has 0 aromatic heterocycles. The van der Waals surface area contributed by atoms with Crippen LogP contribution < -0.4 is 0 Å². The van der Waals surface area contributed by atoms with Crippen molar-refractivity contribution in [3.8, 4) is 0 Å². The Morgan fingerprint density at radius 2 is 1.60 bits per heavy atom. The molecule has 2 radical (unpaired) electrons. The molecule has 0 rings (SSSR count). The molecule has 0 aliphatic rings. The van der Waals surface area contributed by atoms with Gasteiger partial charge in [0.1, 0.15) is 15.4 Å². The van der Waals surface area contributed by atoms with Crippen molar-refractivity contribution >= 4 is 17.1 Å². The summed E-state index contributed by atoms with van der Waals surface area (Å²) in [6.45, 7) is 4.34. The molecule has 0 aromatic rings. The predicted octanol–water partition coefficient (Wildman–Crippen LogP) is 1.49.